The average Bonchev–Trinajstić information content (AvgIpc) is 1.41. The highest BCUT2D eigenvalue weighted by atomic mass is 16.1. The molecule has 2 nitrogen and oxygen atoms in total. The molecule has 2 radical (unpaired) electrons. The van der Waals surface area contributed by atoms with Crippen LogP contribution in [0.3, 0.4) is 0 Å². The van der Waals surface area contributed by atoms with Gasteiger partial charge in [-0.15, -0.1) is 0 Å². The van der Waals surface area contributed by atoms with Gasteiger partial charge in [-0.2, -0.15) is 0 Å². The van der Waals surface area contributed by atoms with E-state index in [4.69, 9.17) is 9.59 Å². The molecular weight excluding hydrogens is 68.0 g/mol. The van der Waals surface area contributed by atoms with Crippen molar-refractivity contribution in [2.45, 2.75) is 6.42 Å². The summed E-state index contributed by atoms with van der Waals surface area (Å²) in [6, 6.07) is 0. The molecule has 0 amide bonds. The van der Waals surface area contributed by atoms with Crippen LogP contribution in [0.15, 0.2) is 0 Å². The monoisotopic (exact) mass is 70.0 g/mol. The maximum atomic E-state index is 9.02. The van der Waals surface area contributed by atoms with Crippen molar-refractivity contribution in [3.8, 4) is 0 Å². The van der Waals surface area contributed by atoms with Crippen molar-refractivity contribution in [3.63, 3.8) is 0 Å². The molecule has 2 heteroatoms. The molecule has 0 saturated heterocycles. The van der Waals surface area contributed by atoms with Crippen molar-refractivity contribution in [3.05, 3.63) is 0 Å². The Bertz CT molecular complexity index is 34.2. The molecule has 0 rings (SSSR count). The van der Waals surface area contributed by atoms with Gasteiger partial charge in [-0.1, -0.05) is 0 Å². The van der Waals surface area contributed by atoms with Crippen LogP contribution in [-0.4, -0.2) is 12.6 Å². The fraction of sp³-hybridized carbons (Fsp3) is 0.333. The van der Waals surface area contributed by atoms with Crippen molar-refractivity contribution in [2.24, 2.45) is 0 Å². The molecule has 0 aromatic rings. The highest BCUT2D eigenvalue weighted by Gasteiger charge is 1.70. The second-order valence-corrected chi connectivity index (χ2v) is 0.465. The molecule has 0 aliphatic rings. The van der Waals surface area contributed by atoms with E-state index >= 15 is 0 Å². The van der Waals surface area contributed by atoms with Crippen LogP contribution >= 0.6 is 0 Å². The van der Waals surface area contributed by atoms with Gasteiger partial charge in [0.2, 0.25) is 12.6 Å². The summed E-state index contributed by atoms with van der Waals surface area (Å²) < 4.78 is 0. The first-order valence-electron chi connectivity index (χ1n) is 1.12. The third kappa shape index (κ3) is 3.34. The molecule has 0 aliphatic heterocycles. The van der Waals surface area contributed by atoms with Crippen molar-refractivity contribution < 1.29 is 9.59 Å². The summed E-state index contributed by atoms with van der Waals surface area (Å²) in [5.41, 5.74) is 0. The van der Waals surface area contributed by atoms with E-state index in [-0.39, 0.29) is 6.42 Å². The molecule has 0 heterocycles. The normalized spacial score (nSPS) is 6.40. The molecule has 0 aliphatic carbocycles. The van der Waals surface area contributed by atoms with Crippen LogP contribution in [0.4, 0.5) is 0 Å². The Kier molecular flexibility index (Phi) is 2.90. The standard InChI is InChI=1S/C3H2O2/c4-2-1-3-5/h1H2. The zero-order valence-electron chi connectivity index (χ0n) is 2.52. The molecular formula is C3H2O2. The van der Waals surface area contributed by atoms with Crippen LogP contribution < -0.4 is 0 Å². The minimum Gasteiger partial charge on any atom is -0.290 e. The minimum absolute atomic E-state index is 0.222. The van der Waals surface area contributed by atoms with Gasteiger partial charge >= 0.3 is 0 Å². The summed E-state index contributed by atoms with van der Waals surface area (Å²) in [6.07, 6.45) is 2.47. The van der Waals surface area contributed by atoms with Gasteiger partial charge in [0.25, 0.3) is 0 Å². The third-order valence-corrected chi connectivity index (χ3v) is 0.144. The Balaban J connectivity index is 2.65. The van der Waals surface area contributed by atoms with Gasteiger partial charge in [-0.3, -0.25) is 9.59 Å². The van der Waals surface area contributed by atoms with Crippen LogP contribution in [0.1, 0.15) is 6.42 Å². The summed E-state index contributed by atoms with van der Waals surface area (Å²) in [5.74, 6) is 0. The Labute approximate surface area is 29.8 Å². The lowest BCUT2D eigenvalue weighted by molar-refractivity contribution is 0.542. The predicted octanol–water partition coefficient (Wildman–Crippen LogP) is -0.404. The minimum atomic E-state index is -0.222. The number of hydrogen-bond acceptors (Lipinski definition) is 2. The quantitative estimate of drug-likeness (QED) is 0.414. The summed E-state index contributed by atoms with van der Waals surface area (Å²) in [6.45, 7) is 0. The molecule has 0 atom stereocenters. The molecule has 0 aromatic carbocycles. The van der Waals surface area contributed by atoms with Crippen LogP contribution in [0, 0.1) is 0 Å². The number of hydrogen-bond donors (Lipinski definition) is 0. The van der Waals surface area contributed by atoms with Gasteiger partial charge in [0, 0.05) is 0 Å². The topological polar surface area (TPSA) is 34.1 Å². The van der Waals surface area contributed by atoms with E-state index < -0.39 is 0 Å². The Morgan fingerprint density at radius 2 is 1.60 bits per heavy atom. The zero-order valence-corrected chi connectivity index (χ0v) is 2.52. The van der Waals surface area contributed by atoms with E-state index in [0.29, 0.717) is 0 Å². The van der Waals surface area contributed by atoms with Gasteiger partial charge in [-0.05, 0) is 0 Å². The third-order valence-electron chi connectivity index (χ3n) is 0.144. The molecule has 0 N–H and O–H groups in total. The summed E-state index contributed by atoms with van der Waals surface area (Å²) in [4.78, 5) is 18.0. The predicted molar refractivity (Wildman–Crippen MR) is 16.0 cm³/mol. The van der Waals surface area contributed by atoms with Crippen molar-refractivity contribution in [1.82, 2.24) is 0 Å². The van der Waals surface area contributed by atoms with Crippen molar-refractivity contribution >= 4 is 12.6 Å². The average molecular weight is 70.0 g/mol. The number of carbonyl (C=O) groups excluding carboxylic acids is 2. The highest BCUT2D eigenvalue weighted by Crippen LogP contribution is 1.50. The lowest BCUT2D eigenvalue weighted by Crippen LogP contribution is -1.69. The molecule has 0 aromatic heterocycles. The van der Waals surface area contributed by atoms with Gasteiger partial charge in [0.15, 0.2) is 0 Å². The van der Waals surface area contributed by atoms with E-state index in [0.717, 1.165) is 0 Å². The fourth-order valence-electron chi connectivity index (χ4n) is 0.0295. The van der Waals surface area contributed by atoms with Crippen molar-refractivity contribution in [1.29, 1.82) is 0 Å². The molecule has 5 heavy (non-hydrogen) atoms. The van der Waals surface area contributed by atoms with Crippen LogP contribution in [0.2, 0.25) is 0 Å². The fourth-order valence-corrected chi connectivity index (χ4v) is 0.0295. The van der Waals surface area contributed by atoms with Gasteiger partial charge in [0.1, 0.15) is 0 Å². The molecule has 0 bridgehead atoms. The van der Waals surface area contributed by atoms with Crippen molar-refractivity contribution in [2.75, 3.05) is 0 Å². The maximum Gasteiger partial charge on any atom is 0.206 e. The Hall–Kier alpha value is -0.660. The molecule has 0 unspecified atom stereocenters. The first kappa shape index (κ1) is 4.34. The maximum absolute atomic E-state index is 9.02. The largest absolute Gasteiger partial charge is 0.290 e. The lowest BCUT2D eigenvalue weighted by atomic mass is 10.6. The Morgan fingerprint density at radius 1 is 1.20 bits per heavy atom. The summed E-state index contributed by atoms with van der Waals surface area (Å²) in [5, 5.41) is 0. The van der Waals surface area contributed by atoms with Crippen LogP contribution in [-0.2, 0) is 9.59 Å². The van der Waals surface area contributed by atoms with E-state index in [9.17, 15) is 0 Å². The Morgan fingerprint density at radius 3 is 1.60 bits per heavy atom. The van der Waals surface area contributed by atoms with Crippen LogP contribution in [0.5, 0.6) is 0 Å². The van der Waals surface area contributed by atoms with E-state index in [1.165, 1.54) is 12.6 Å². The van der Waals surface area contributed by atoms with Crippen LogP contribution in [0.25, 0.3) is 0 Å². The first-order chi connectivity index (χ1) is 2.41. The van der Waals surface area contributed by atoms with E-state index in [2.05, 4.69) is 0 Å². The smallest absolute Gasteiger partial charge is 0.206 e. The lowest BCUT2D eigenvalue weighted by Gasteiger charge is -1.49. The first-order valence-corrected chi connectivity index (χ1v) is 1.12. The zero-order chi connectivity index (χ0) is 4.12. The molecule has 0 fully saturated rings. The van der Waals surface area contributed by atoms with E-state index in [1.807, 2.05) is 0 Å². The van der Waals surface area contributed by atoms with Gasteiger partial charge in [-0.25, -0.2) is 0 Å². The van der Waals surface area contributed by atoms with Gasteiger partial charge in [0.05, 0.1) is 6.42 Å². The highest BCUT2D eigenvalue weighted by molar-refractivity contribution is 5.73. The van der Waals surface area contributed by atoms with Gasteiger partial charge < -0.3 is 0 Å². The second kappa shape index (κ2) is 3.34. The summed E-state index contributed by atoms with van der Waals surface area (Å²) >= 11 is 0. The molecule has 0 spiro atoms. The second-order valence-electron chi connectivity index (χ2n) is 0.465. The summed E-state index contributed by atoms with van der Waals surface area (Å²) in [7, 11) is 0. The van der Waals surface area contributed by atoms with E-state index in [1.54, 1.807) is 0 Å². The number of rotatable bonds is 2. The molecule has 26 valence electrons. The SMILES string of the molecule is O=[C]C[C]=O. The molecule has 0 saturated carbocycles.